The lowest BCUT2D eigenvalue weighted by molar-refractivity contribution is -0.0891. The van der Waals surface area contributed by atoms with Gasteiger partial charge >= 0.3 is 0 Å². The molecule has 2 aromatic rings. The molecule has 0 amide bonds. The summed E-state index contributed by atoms with van der Waals surface area (Å²) in [5, 5.41) is 0. The summed E-state index contributed by atoms with van der Waals surface area (Å²) >= 11 is 0. The Balaban J connectivity index is 1.31. The molecule has 2 aliphatic rings. The summed E-state index contributed by atoms with van der Waals surface area (Å²) in [6.45, 7) is 3.86. The Morgan fingerprint density at radius 3 is 2.85 bits per heavy atom. The van der Waals surface area contributed by atoms with Gasteiger partial charge in [0.25, 0.3) is 0 Å². The molecular weight excluding hydrogens is 331 g/mol. The molecule has 3 atom stereocenters. The lowest BCUT2D eigenvalue weighted by Gasteiger charge is -2.39. The second-order valence-corrected chi connectivity index (χ2v) is 7.21. The van der Waals surface area contributed by atoms with E-state index >= 15 is 0 Å². The quantitative estimate of drug-likeness (QED) is 0.794. The lowest BCUT2D eigenvalue weighted by Crippen LogP contribution is -2.50. The van der Waals surface area contributed by atoms with Crippen LogP contribution in [0.25, 0.3) is 0 Å². The number of rotatable bonds is 6. The third kappa shape index (κ3) is 4.11. The summed E-state index contributed by atoms with van der Waals surface area (Å²) in [4.78, 5) is 6.61. The van der Waals surface area contributed by atoms with E-state index in [1.54, 1.807) is 6.20 Å². The van der Waals surface area contributed by atoms with Gasteiger partial charge in [-0.3, -0.25) is 9.88 Å². The number of hydrogen-bond acceptors (Lipinski definition) is 4. The molecular formula is C21H25FN2O2. The third-order valence-electron chi connectivity index (χ3n) is 5.46. The van der Waals surface area contributed by atoms with Crippen LogP contribution in [0, 0.1) is 11.7 Å². The minimum atomic E-state index is -0.180. The Morgan fingerprint density at radius 1 is 1.15 bits per heavy atom. The van der Waals surface area contributed by atoms with Crippen molar-refractivity contribution in [1.29, 1.82) is 0 Å². The van der Waals surface area contributed by atoms with Crippen LogP contribution in [0.2, 0.25) is 0 Å². The molecule has 0 N–H and O–H groups in total. The van der Waals surface area contributed by atoms with Crippen LogP contribution in [-0.2, 0) is 22.6 Å². The van der Waals surface area contributed by atoms with Crippen LogP contribution in [0.15, 0.2) is 48.8 Å². The van der Waals surface area contributed by atoms with Crippen LogP contribution in [0.1, 0.15) is 24.0 Å². The van der Waals surface area contributed by atoms with Crippen LogP contribution in [0.3, 0.4) is 0 Å². The Morgan fingerprint density at radius 2 is 2.04 bits per heavy atom. The summed E-state index contributed by atoms with van der Waals surface area (Å²) in [5.41, 5.74) is 2.26. The highest BCUT2D eigenvalue weighted by atomic mass is 19.1. The number of hydrogen-bond donors (Lipinski definition) is 0. The van der Waals surface area contributed by atoms with Gasteiger partial charge in [0.05, 0.1) is 25.9 Å². The molecule has 2 heterocycles. The summed E-state index contributed by atoms with van der Waals surface area (Å²) < 4.78 is 25.2. The minimum Gasteiger partial charge on any atom is -0.376 e. The standard InChI is InChI=1S/C21H25FN2O2/c22-19-6-3-16(4-7-19)13-24-10-11-26-21-18(5-8-20(21)24)15-25-14-17-2-1-9-23-12-17/h1-4,6-7,9,12,18,20-21H,5,8,10-11,13-15H2/t18-,20-,21-/m1/s1. The maximum atomic E-state index is 13.1. The lowest BCUT2D eigenvalue weighted by atomic mass is 10.0. The average Bonchev–Trinajstić information content (AvgIpc) is 3.09. The van der Waals surface area contributed by atoms with Gasteiger partial charge in [-0.25, -0.2) is 4.39 Å². The molecule has 1 aliphatic heterocycles. The predicted molar refractivity (Wildman–Crippen MR) is 97.0 cm³/mol. The molecule has 2 fully saturated rings. The van der Waals surface area contributed by atoms with Crippen molar-refractivity contribution in [3.05, 3.63) is 65.7 Å². The van der Waals surface area contributed by atoms with Gasteiger partial charge < -0.3 is 9.47 Å². The van der Waals surface area contributed by atoms with E-state index in [0.717, 1.165) is 50.3 Å². The van der Waals surface area contributed by atoms with E-state index in [4.69, 9.17) is 9.47 Å². The van der Waals surface area contributed by atoms with Gasteiger partial charge in [-0.05, 0) is 42.2 Å². The van der Waals surface area contributed by atoms with Gasteiger partial charge in [0, 0.05) is 37.4 Å². The highest BCUT2D eigenvalue weighted by Gasteiger charge is 2.42. The van der Waals surface area contributed by atoms with E-state index < -0.39 is 0 Å². The zero-order valence-corrected chi connectivity index (χ0v) is 14.9. The zero-order chi connectivity index (χ0) is 17.8. The number of fused-ring (bicyclic) bond motifs is 1. The van der Waals surface area contributed by atoms with Crippen molar-refractivity contribution in [3.63, 3.8) is 0 Å². The molecule has 1 saturated heterocycles. The summed E-state index contributed by atoms with van der Waals surface area (Å²) in [7, 11) is 0. The Labute approximate surface area is 153 Å². The van der Waals surface area contributed by atoms with Crippen molar-refractivity contribution in [2.45, 2.75) is 38.1 Å². The SMILES string of the molecule is Fc1ccc(CN2CCO[C@@H]3[C@@H](COCc4cccnc4)CC[C@H]32)cc1. The number of ether oxygens (including phenoxy) is 2. The number of nitrogens with zero attached hydrogens (tertiary/aromatic N) is 2. The van der Waals surface area contributed by atoms with E-state index in [9.17, 15) is 4.39 Å². The van der Waals surface area contributed by atoms with E-state index in [2.05, 4.69) is 9.88 Å². The number of benzene rings is 1. The molecule has 0 bridgehead atoms. The van der Waals surface area contributed by atoms with Crippen molar-refractivity contribution in [2.75, 3.05) is 19.8 Å². The van der Waals surface area contributed by atoms with Crippen LogP contribution in [-0.4, -0.2) is 41.8 Å². The van der Waals surface area contributed by atoms with E-state index in [1.165, 1.54) is 12.1 Å². The van der Waals surface area contributed by atoms with Crippen LogP contribution in [0.4, 0.5) is 4.39 Å². The molecule has 4 nitrogen and oxygen atoms in total. The molecule has 0 radical (unpaired) electrons. The Kier molecular flexibility index (Phi) is 5.58. The first-order valence-corrected chi connectivity index (χ1v) is 9.36. The zero-order valence-electron chi connectivity index (χ0n) is 14.9. The van der Waals surface area contributed by atoms with Crippen molar-refractivity contribution in [3.8, 4) is 0 Å². The van der Waals surface area contributed by atoms with Gasteiger partial charge in [-0.15, -0.1) is 0 Å². The highest BCUT2D eigenvalue weighted by Crippen LogP contribution is 2.35. The maximum Gasteiger partial charge on any atom is 0.123 e. The normalized spacial score (nSPS) is 26.0. The number of morpholine rings is 1. The van der Waals surface area contributed by atoms with Gasteiger partial charge in [0.2, 0.25) is 0 Å². The largest absolute Gasteiger partial charge is 0.376 e. The summed E-state index contributed by atoms with van der Waals surface area (Å²) in [6, 6.07) is 11.2. The Hall–Kier alpha value is -1.82. The molecule has 1 aliphatic carbocycles. The molecule has 1 aromatic carbocycles. The second kappa shape index (κ2) is 8.25. The minimum absolute atomic E-state index is 0.180. The molecule has 5 heteroatoms. The van der Waals surface area contributed by atoms with Gasteiger partial charge in [0.1, 0.15) is 5.82 Å². The fraction of sp³-hybridized carbons (Fsp3) is 0.476. The number of aromatic nitrogens is 1. The fourth-order valence-electron chi connectivity index (χ4n) is 4.15. The predicted octanol–water partition coefficient (Wildman–Crippen LogP) is 3.42. The van der Waals surface area contributed by atoms with Crippen molar-refractivity contribution >= 4 is 0 Å². The topological polar surface area (TPSA) is 34.6 Å². The van der Waals surface area contributed by atoms with Crippen molar-refractivity contribution in [1.82, 2.24) is 9.88 Å². The maximum absolute atomic E-state index is 13.1. The fourth-order valence-corrected chi connectivity index (χ4v) is 4.15. The first kappa shape index (κ1) is 17.6. The van der Waals surface area contributed by atoms with Crippen molar-refractivity contribution in [2.24, 2.45) is 5.92 Å². The first-order valence-electron chi connectivity index (χ1n) is 9.36. The third-order valence-corrected chi connectivity index (χ3v) is 5.46. The van der Waals surface area contributed by atoms with E-state index in [0.29, 0.717) is 18.6 Å². The molecule has 0 spiro atoms. The van der Waals surface area contributed by atoms with Gasteiger partial charge in [-0.2, -0.15) is 0 Å². The monoisotopic (exact) mass is 356 g/mol. The average molecular weight is 356 g/mol. The highest BCUT2D eigenvalue weighted by molar-refractivity contribution is 5.16. The number of pyridine rings is 1. The van der Waals surface area contributed by atoms with Crippen molar-refractivity contribution < 1.29 is 13.9 Å². The molecule has 1 saturated carbocycles. The van der Waals surface area contributed by atoms with Crippen LogP contribution >= 0.6 is 0 Å². The molecule has 0 unspecified atom stereocenters. The van der Waals surface area contributed by atoms with E-state index in [-0.39, 0.29) is 11.9 Å². The van der Waals surface area contributed by atoms with Gasteiger partial charge in [0.15, 0.2) is 0 Å². The van der Waals surface area contributed by atoms with E-state index in [1.807, 2.05) is 30.5 Å². The van der Waals surface area contributed by atoms with Crippen LogP contribution in [0.5, 0.6) is 0 Å². The summed E-state index contributed by atoms with van der Waals surface area (Å²) in [5.74, 6) is 0.257. The molecule has 1 aromatic heterocycles. The number of halogens is 1. The molecule has 26 heavy (non-hydrogen) atoms. The van der Waals surface area contributed by atoms with Crippen LogP contribution < -0.4 is 0 Å². The Bertz CT molecular complexity index is 695. The second-order valence-electron chi connectivity index (χ2n) is 7.21. The summed E-state index contributed by atoms with van der Waals surface area (Å²) in [6.07, 6.45) is 6.11. The van der Waals surface area contributed by atoms with Gasteiger partial charge in [-0.1, -0.05) is 18.2 Å². The molecule has 4 rings (SSSR count). The molecule has 138 valence electrons. The first-order chi connectivity index (χ1) is 12.8. The smallest absolute Gasteiger partial charge is 0.123 e.